The number of aromatic nitrogens is 3. The van der Waals surface area contributed by atoms with Crippen molar-refractivity contribution >= 4 is 38.7 Å². The second-order valence-corrected chi connectivity index (χ2v) is 8.40. The number of anilines is 1. The maximum Gasteiger partial charge on any atom is 0.227 e. The van der Waals surface area contributed by atoms with E-state index in [-0.39, 0.29) is 30.1 Å². The Morgan fingerprint density at radius 3 is 2.73 bits per heavy atom. The van der Waals surface area contributed by atoms with Crippen LogP contribution in [-0.4, -0.2) is 57.4 Å². The number of rotatable bonds is 2. The van der Waals surface area contributed by atoms with E-state index < -0.39 is 5.79 Å². The lowest BCUT2D eigenvalue weighted by Gasteiger charge is -2.25. The van der Waals surface area contributed by atoms with Crippen LogP contribution in [0.3, 0.4) is 0 Å². The summed E-state index contributed by atoms with van der Waals surface area (Å²) < 4.78 is 15.1. The molecule has 2 aliphatic rings. The Morgan fingerprint density at radius 1 is 1.35 bits per heavy atom. The van der Waals surface area contributed by atoms with Gasteiger partial charge in [0.25, 0.3) is 0 Å². The molecule has 1 aliphatic heterocycles. The molecule has 0 radical (unpaired) electrons. The number of hydrogen-bond acceptors (Lipinski definition) is 6. The lowest BCUT2D eigenvalue weighted by atomic mass is 10.0. The van der Waals surface area contributed by atoms with Crippen molar-refractivity contribution in [3.63, 3.8) is 0 Å². The van der Waals surface area contributed by atoms with Crippen LogP contribution in [0.2, 0.25) is 0 Å². The molecule has 0 spiro atoms. The Labute approximate surface area is 159 Å². The van der Waals surface area contributed by atoms with Crippen molar-refractivity contribution in [1.82, 2.24) is 19.4 Å². The zero-order valence-electron chi connectivity index (χ0n) is 15.1. The van der Waals surface area contributed by atoms with Crippen LogP contribution in [-0.2, 0) is 14.3 Å². The zero-order valence-corrected chi connectivity index (χ0v) is 16.7. The van der Waals surface area contributed by atoms with E-state index in [4.69, 9.17) is 15.2 Å². The smallest absolute Gasteiger partial charge is 0.227 e. The minimum atomic E-state index is -0.729. The molecule has 2 fully saturated rings. The van der Waals surface area contributed by atoms with Crippen molar-refractivity contribution in [3.8, 4) is 0 Å². The highest BCUT2D eigenvalue weighted by Gasteiger charge is 2.57. The zero-order chi connectivity index (χ0) is 18.8. The molecular weight excluding hydrogens is 402 g/mol. The third-order valence-electron chi connectivity index (χ3n) is 5.14. The van der Waals surface area contributed by atoms with Gasteiger partial charge in [-0.2, -0.15) is 0 Å². The summed E-state index contributed by atoms with van der Waals surface area (Å²) in [6.45, 7) is 3.76. The second-order valence-electron chi connectivity index (χ2n) is 7.55. The predicted molar refractivity (Wildman–Crippen MR) is 99.3 cm³/mol. The molecule has 9 heteroatoms. The van der Waals surface area contributed by atoms with Gasteiger partial charge in [-0.3, -0.25) is 4.79 Å². The van der Waals surface area contributed by atoms with Gasteiger partial charge in [-0.25, -0.2) is 9.97 Å². The quantitative estimate of drug-likeness (QED) is 0.792. The summed E-state index contributed by atoms with van der Waals surface area (Å²) in [5.74, 6) is -0.529. The number of halogens is 1. The molecule has 4 atom stereocenters. The Morgan fingerprint density at radius 2 is 2.04 bits per heavy atom. The van der Waals surface area contributed by atoms with Crippen LogP contribution in [0.1, 0.15) is 26.3 Å². The first-order chi connectivity index (χ1) is 12.2. The number of nitrogen functional groups attached to an aromatic ring is 1. The van der Waals surface area contributed by atoms with E-state index in [2.05, 4.69) is 25.9 Å². The highest BCUT2D eigenvalue weighted by atomic mass is 79.9. The van der Waals surface area contributed by atoms with Crippen LogP contribution in [0.4, 0.5) is 5.82 Å². The predicted octanol–water partition coefficient (Wildman–Crippen LogP) is 1.95. The lowest BCUT2D eigenvalue weighted by Crippen LogP contribution is -2.37. The minimum absolute atomic E-state index is 0.0495. The van der Waals surface area contributed by atoms with Crippen LogP contribution in [0.15, 0.2) is 17.0 Å². The monoisotopic (exact) mass is 423 g/mol. The molecule has 1 aliphatic carbocycles. The normalized spacial score (nSPS) is 29.9. The number of nitrogens with zero attached hydrogens (tertiary/aromatic N) is 4. The average molecular weight is 424 g/mol. The molecule has 4 rings (SSSR count). The van der Waals surface area contributed by atoms with Crippen molar-refractivity contribution in [3.05, 3.63) is 17.0 Å². The molecule has 1 saturated carbocycles. The number of hydrogen-bond donors (Lipinski definition) is 1. The van der Waals surface area contributed by atoms with Gasteiger partial charge in [0.05, 0.1) is 17.3 Å². The lowest BCUT2D eigenvalue weighted by molar-refractivity contribution is -0.165. The van der Waals surface area contributed by atoms with E-state index in [0.717, 1.165) is 15.5 Å². The van der Waals surface area contributed by atoms with Gasteiger partial charge in [-0.1, -0.05) is 0 Å². The number of ether oxygens (including phenoxy) is 2. The molecule has 2 aromatic heterocycles. The van der Waals surface area contributed by atoms with Crippen LogP contribution in [0.5, 0.6) is 0 Å². The van der Waals surface area contributed by atoms with E-state index in [9.17, 15) is 4.79 Å². The summed E-state index contributed by atoms with van der Waals surface area (Å²) in [4.78, 5) is 22.8. The summed E-state index contributed by atoms with van der Waals surface area (Å²) in [7, 11) is 3.53. The third-order valence-corrected chi connectivity index (χ3v) is 5.74. The van der Waals surface area contributed by atoms with E-state index in [1.165, 1.54) is 6.33 Å². The summed E-state index contributed by atoms with van der Waals surface area (Å²) in [5, 5.41) is 0.768. The molecule has 0 bridgehead atoms. The molecule has 1 amide bonds. The summed E-state index contributed by atoms with van der Waals surface area (Å²) >= 11 is 3.55. The van der Waals surface area contributed by atoms with Crippen molar-refractivity contribution in [2.24, 2.45) is 5.92 Å². The van der Waals surface area contributed by atoms with Gasteiger partial charge in [0.15, 0.2) is 5.79 Å². The molecule has 140 valence electrons. The van der Waals surface area contributed by atoms with Crippen LogP contribution >= 0.6 is 15.9 Å². The molecule has 3 heterocycles. The molecular formula is C17H22BrN5O3. The first-order valence-corrected chi connectivity index (χ1v) is 9.32. The van der Waals surface area contributed by atoms with Gasteiger partial charge in [0.2, 0.25) is 5.91 Å². The van der Waals surface area contributed by atoms with Gasteiger partial charge in [-0.05, 0) is 36.2 Å². The van der Waals surface area contributed by atoms with Gasteiger partial charge < -0.3 is 24.7 Å². The Kier molecular flexibility index (Phi) is 4.01. The largest absolute Gasteiger partial charge is 0.383 e. The number of fused-ring (bicyclic) bond motifs is 2. The molecule has 2 N–H and O–H groups in total. The fourth-order valence-electron chi connectivity index (χ4n) is 4.11. The number of carbonyl (C=O) groups excluding carboxylic acids is 1. The number of nitrogens with two attached hydrogens (primary N) is 1. The van der Waals surface area contributed by atoms with E-state index in [1.807, 2.05) is 24.6 Å². The summed E-state index contributed by atoms with van der Waals surface area (Å²) in [6, 6.07) is -0.0845. The molecule has 26 heavy (non-hydrogen) atoms. The standard InChI is InChI=1S/C17H22BrN5O3/c1-17(2)25-12-8(16(24)22(3)4)5-10(13(12)26-17)23-6-9(18)11-14(19)20-7-21-15(11)23/h6-8,10,12-13H,5H2,1-4H3,(H2,19,20,21)/t8-,10+,12+,13-/m0/s1. The minimum Gasteiger partial charge on any atom is -0.383 e. The maximum atomic E-state index is 12.7. The fraction of sp³-hybridized carbons (Fsp3) is 0.588. The summed E-state index contributed by atoms with van der Waals surface area (Å²) in [6.07, 6.45) is 3.47. The van der Waals surface area contributed by atoms with Crippen LogP contribution in [0.25, 0.3) is 11.0 Å². The van der Waals surface area contributed by atoms with Crippen LogP contribution in [0, 0.1) is 5.92 Å². The maximum absolute atomic E-state index is 12.7. The summed E-state index contributed by atoms with van der Waals surface area (Å²) in [5.41, 5.74) is 6.74. The Hall–Kier alpha value is -1.71. The Balaban J connectivity index is 1.80. The van der Waals surface area contributed by atoms with Gasteiger partial charge in [-0.15, -0.1) is 0 Å². The highest BCUT2D eigenvalue weighted by Crippen LogP contribution is 2.48. The number of amides is 1. The second kappa shape index (κ2) is 5.90. The SMILES string of the molecule is CN(C)C(=O)[C@H]1C[C@@H](n2cc(Br)c3c(N)ncnc32)[C@@H]2OC(C)(C)O[C@@H]21. The fourth-order valence-corrected chi connectivity index (χ4v) is 4.72. The van der Waals surface area contributed by atoms with Gasteiger partial charge in [0, 0.05) is 24.8 Å². The van der Waals surface area contributed by atoms with Crippen molar-refractivity contribution < 1.29 is 14.3 Å². The first-order valence-electron chi connectivity index (χ1n) is 8.53. The average Bonchev–Trinajstić information content (AvgIpc) is 3.16. The van der Waals surface area contributed by atoms with E-state index in [1.54, 1.807) is 19.0 Å². The molecule has 2 aromatic rings. The number of carbonyl (C=O) groups is 1. The molecule has 0 unspecified atom stereocenters. The Bertz CT molecular complexity index is 881. The van der Waals surface area contributed by atoms with Crippen molar-refractivity contribution in [2.75, 3.05) is 19.8 Å². The highest BCUT2D eigenvalue weighted by molar-refractivity contribution is 9.10. The van der Waals surface area contributed by atoms with E-state index in [0.29, 0.717) is 12.2 Å². The van der Waals surface area contributed by atoms with Crippen LogP contribution < -0.4 is 5.73 Å². The van der Waals surface area contributed by atoms with Gasteiger partial charge >= 0.3 is 0 Å². The van der Waals surface area contributed by atoms with Crippen molar-refractivity contribution in [2.45, 2.75) is 44.3 Å². The molecule has 1 saturated heterocycles. The topological polar surface area (TPSA) is 95.5 Å². The van der Waals surface area contributed by atoms with Gasteiger partial charge in [0.1, 0.15) is 30.0 Å². The molecule has 0 aromatic carbocycles. The van der Waals surface area contributed by atoms with E-state index >= 15 is 0 Å². The third kappa shape index (κ3) is 2.60. The first kappa shape index (κ1) is 17.7. The molecule has 8 nitrogen and oxygen atoms in total. The van der Waals surface area contributed by atoms with Crippen molar-refractivity contribution in [1.29, 1.82) is 0 Å².